The largest absolute Gasteiger partial charge is 0.354 e. The molecule has 4 nitrogen and oxygen atoms in total. The molecule has 1 N–H and O–H groups in total. The van der Waals surface area contributed by atoms with Crippen LogP contribution in [0.4, 0.5) is 0 Å². The van der Waals surface area contributed by atoms with Gasteiger partial charge in [-0.2, -0.15) is 0 Å². The SMILES string of the molecule is CCCNC(=O)C(CC)N(Cc1ccc(Cl)cc1)C(=O)Cc1ccc(Cl)cc1. The maximum atomic E-state index is 13.1. The van der Waals surface area contributed by atoms with Gasteiger partial charge < -0.3 is 10.2 Å². The molecule has 1 unspecified atom stereocenters. The summed E-state index contributed by atoms with van der Waals surface area (Å²) in [6.07, 6.45) is 1.59. The molecule has 0 aliphatic rings. The minimum Gasteiger partial charge on any atom is -0.354 e. The van der Waals surface area contributed by atoms with Gasteiger partial charge in [0.1, 0.15) is 6.04 Å². The van der Waals surface area contributed by atoms with E-state index in [1.54, 1.807) is 29.2 Å². The van der Waals surface area contributed by atoms with Crippen LogP contribution in [0.15, 0.2) is 48.5 Å². The number of halogens is 2. The number of benzene rings is 2. The van der Waals surface area contributed by atoms with Gasteiger partial charge in [0.15, 0.2) is 0 Å². The van der Waals surface area contributed by atoms with Crippen LogP contribution in [0.1, 0.15) is 37.8 Å². The monoisotopic (exact) mass is 420 g/mol. The van der Waals surface area contributed by atoms with Gasteiger partial charge in [0.05, 0.1) is 6.42 Å². The molecule has 6 heteroatoms. The summed E-state index contributed by atoms with van der Waals surface area (Å²) in [6.45, 7) is 4.86. The number of nitrogens with one attached hydrogen (secondary N) is 1. The molecule has 0 aliphatic heterocycles. The Morgan fingerprint density at radius 3 is 1.96 bits per heavy atom. The van der Waals surface area contributed by atoms with Gasteiger partial charge in [0, 0.05) is 23.1 Å². The maximum absolute atomic E-state index is 13.1. The minimum atomic E-state index is -0.526. The molecule has 2 aromatic carbocycles. The van der Waals surface area contributed by atoms with E-state index in [-0.39, 0.29) is 18.2 Å². The fourth-order valence-electron chi connectivity index (χ4n) is 2.95. The molecule has 0 heterocycles. The van der Waals surface area contributed by atoms with Crippen LogP contribution in [-0.2, 0) is 22.6 Å². The highest BCUT2D eigenvalue weighted by molar-refractivity contribution is 6.30. The van der Waals surface area contributed by atoms with Crippen LogP contribution in [0.5, 0.6) is 0 Å². The van der Waals surface area contributed by atoms with Crippen LogP contribution in [0, 0.1) is 0 Å². The van der Waals surface area contributed by atoms with Gasteiger partial charge in [-0.3, -0.25) is 9.59 Å². The van der Waals surface area contributed by atoms with Crippen molar-refractivity contribution < 1.29 is 9.59 Å². The Bertz CT molecular complexity index is 776. The second-order valence-electron chi connectivity index (χ2n) is 6.67. The van der Waals surface area contributed by atoms with Gasteiger partial charge in [-0.15, -0.1) is 0 Å². The van der Waals surface area contributed by atoms with Crippen molar-refractivity contribution in [3.63, 3.8) is 0 Å². The molecule has 0 saturated heterocycles. The van der Waals surface area contributed by atoms with E-state index in [0.29, 0.717) is 29.6 Å². The summed E-state index contributed by atoms with van der Waals surface area (Å²) in [7, 11) is 0. The van der Waals surface area contributed by atoms with Gasteiger partial charge in [0.2, 0.25) is 11.8 Å². The van der Waals surface area contributed by atoms with Crippen molar-refractivity contribution in [2.75, 3.05) is 6.54 Å². The first-order chi connectivity index (χ1) is 13.4. The zero-order valence-electron chi connectivity index (χ0n) is 16.3. The van der Waals surface area contributed by atoms with Crippen LogP contribution in [0.2, 0.25) is 10.0 Å². The van der Waals surface area contributed by atoms with Crippen LogP contribution in [0.3, 0.4) is 0 Å². The Morgan fingerprint density at radius 2 is 1.46 bits per heavy atom. The van der Waals surface area contributed by atoms with Gasteiger partial charge in [0.25, 0.3) is 0 Å². The lowest BCUT2D eigenvalue weighted by molar-refractivity contribution is -0.140. The molecule has 28 heavy (non-hydrogen) atoms. The predicted octanol–water partition coefficient (Wildman–Crippen LogP) is 4.87. The molecular formula is C22H26Cl2N2O2. The summed E-state index contributed by atoms with van der Waals surface area (Å²) >= 11 is 11.9. The van der Waals surface area contributed by atoms with Crippen molar-refractivity contribution in [3.05, 3.63) is 69.7 Å². The van der Waals surface area contributed by atoms with Gasteiger partial charge >= 0.3 is 0 Å². The van der Waals surface area contributed by atoms with E-state index in [2.05, 4.69) is 5.32 Å². The lowest BCUT2D eigenvalue weighted by Crippen LogP contribution is -2.49. The van der Waals surface area contributed by atoms with Crippen LogP contribution < -0.4 is 5.32 Å². The molecule has 0 spiro atoms. The number of hydrogen-bond donors (Lipinski definition) is 1. The van der Waals surface area contributed by atoms with E-state index in [9.17, 15) is 9.59 Å². The minimum absolute atomic E-state index is 0.101. The van der Waals surface area contributed by atoms with Crippen LogP contribution in [-0.4, -0.2) is 29.3 Å². The highest BCUT2D eigenvalue weighted by Crippen LogP contribution is 2.17. The number of carbonyl (C=O) groups is 2. The number of hydrogen-bond acceptors (Lipinski definition) is 2. The number of amides is 2. The standard InChI is InChI=1S/C22H26Cl2N2O2/c1-3-13-25-22(28)20(4-2)26(15-17-7-11-19(24)12-8-17)21(27)14-16-5-9-18(23)10-6-16/h5-12,20H,3-4,13-15H2,1-2H3,(H,25,28). The Morgan fingerprint density at radius 1 is 0.929 bits per heavy atom. The fourth-order valence-corrected chi connectivity index (χ4v) is 3.20. The van der Waals surface area contributed by atoms with E-state index < -0.39 is 6.04 Å². The molecule has 0 saturated carbocycles. The second-order valence-corrected chi connectivity index (χ2v) is 7.54. The molecule has 0 fully saturated rings. The van der Waals surface area contributed by atoms with Crippen molar-refractivity contribution >= 4 is 35.0 Å². The molecule has 0 aromatic heterocycles. The Balaban J connectivity index is 2.24. The molecule has 1 atom stereocenters. The predicted molar refractivity (Wildman–Crippen MR) is 115 cm³/mol. The number of nitrogens with zero attached hydrogens (tertiary/aromatic N) is 1. The first-order valence-corrected chi connectivity index (χ1v) is 10.3. The van der Waals surface area contributed by atoms with Gasteiger partial charge in [-0.25, -0.2) is 0 Å². The molecule has 2 amide bonds. The molecular weight excluding hydrogens is 395 g/mol. The van der Waals surface area contributed by atoms with E-state index in [1.165, 1.54) is 0 Å². The third-order valence-corrected chi connectivity index (χ3v) is 4.97. The quantitative estimate of drug-likeness (QED) is 0.628. The molecule has 150 valence electrons. The van der Waals surface area contributed by atoms with Gasteiger partial charge in [-0.05, 0) is 48.2 Å². The highest BCUT2D eigenvalue weighted by atomic mass is 35.5. The highest BCUT2D eigenvalue weighted by Gasteiger charge is 2.28. The summed E-state index contributed by atoms with van der Waals surface area (Å²) in [5, 5.41) is 4.17. The second kappa shape index (κ2) is 11.1. The van der Waals surface area contributed by atoms with E-state index >= 15 is 0 Å². The lowest BCUT2D eigenvalue weighted by Gasteiger charge is -2.30. The van der Waals surface area contributed by atoms with Crippen molar-refractivity contribution in [2.24, 2.45) is 0 Å². The van der Waals surface area contributed by atoms with Gasteiger partial charge in [-0.1, -0.05) is 61.3 Å². The Hall–Kier alpha value is -2.04. The average Bonchev–Trinajstić information content (AvgIpc) is 2.69. The third kappa shape index (κ3) is 6.54. The summed E-state index contributed by atoms with van der Waals surface area (Å²) in [5.41, 5.74) is 1.79. The van der Waals surface area contributed by atoms with Crippen LogP contribution >= 0.6 is 23.2 Å². The zero-order valence-corrected chi connectivity index (χ0v) is 17.8. The first kappa shape index (κ1) is 22.3. The van der Waals surface area contributed by atoms with Crippen molar-refractivity contribution in [3.8, 4) is 0 Å². The molecule has 0 bridgehead atoms. The van der Waals surface area contributed by atoms with Crippen LogP contribution in [0.25, 0.3) is 0 Å². The van der Waals surface area contributed by atoms with E-state index in [1.807, 2.05) is 38.1 Å². The summed E-state index contributed by atoms with van der Waals surface area (Å²) in [6, 6.07) is 14.0. The summed E-state index contributed by atoms with van der Waals surface area (Å²) in [4.78, 5) is 27.5. The lowest BCUT2D eigenvalue weighted by atomic mass is 10.1. The molecule has 2 aromatic rings. The Kier molecular flexibility index (Phi) is 8.81. The zero-order chi connectivity index (χ0) is 20.5. The van der Waals surface area contributed by atoms with Crippen molar-refractivity contribution in [1.29, 1.82) is 0 Å². The fraction of sp³-hybridized carbons (Fsp3) is 0.364. The molecule has 0 radical (unpaired) electrons. The van der Waals surface area contributed by atoms with Crippen molar-refractivity contribution in [1.82, 2.24) is 10.2 Å². The van der Waals surface area contributed by atoms with Crippen molar-refractivity contribution in [2.45, 2.75) is 45.7 Å². The Labute approximate surface area is 176 Å². The summed E-state index contributed by atoms with van der Waals surface area (Å²) in [5.74, 6) is -0.224. The van der Waals surface area contributed by atoms with E-state index in [0.717, 1.165) is 17.5 Å². The average molecular weight is 421 g/mol. The number of rotatable bonds is 9. The molecule has 2 rings (SSSR count). The topological polar surface area (TPSA) is 49.4 Å². The number of carbonyl (C=O) groups excluding carboxylic acids is 2. The smallest absolute Gasteiger partial charge is 0.242 e. The maximum Gasteiger partial charge on any atom is 0.242 e. The van der Waals surface area contributed by atoms with E-state index in [4.69, 9.17) is 23.2 Å². The summed E-state index contributed by atoms with van der Waals surface area (Å²) < 4.78 is 0. The third-order valence-electron chi connectivity index (χ3n) is 4.47. The first-order valence-electron chi connectivity index (χ1n) is 9.50. The molecule has 0 aliphatic carbocycles. The normalized spacial score (nSPS) is 11.7.